The molecule has 2 heterocycles. The van der Waals surface area contributed by atoms with Crippen molar-refractivity contribution in [3.8, 4) is 0 Å². The number of aliphatic hydroxyl groups is 1. The average Bonchev–Trinajstić information content (AvgIpc) is 2.92. The number of carbonyl (C=O) groups is 1. The van der Waals surface area contributed by atoms with Gasteiger partial charge in [0.1, 0.15) is 11.7 Å². The van der Waals surface area contributed by atoms with Crippen LogP contribution in [0.1, 0.15) is 47.5 Å². The fourth-order valence-electron chi connectivity index (χ4n) is 3.84. The first-order valence-electron chi connectivity index (χ1n) is 8.76. The third-order valence-corrected chi connectivity index (χ3v) is 4.74. The fourth-order valence-corrected chi connectivity index (χ4v) is 3.84. The van der Waals surface area contributed by atoms with Crippen molar-refractivity contribution in [3.63, 3.8) is 0 Å². The van der Waals surface area contributed by atoms with E-state index >= 15 is 0 Å². The lowest BCUT2D eigenvalue weighted by Crippen LogP contribution is -2.41. The van der Waals surface area contributed by atoms with Crippen molar-refractivity contribution in [3.05, 3.63) is 11.6 Å². The molecule has 2 aliphatic heterocycles. The van der Waals surface area contributed by atoms with Gasteiger partial charge in [0, 0.05) is 19.0 Å². The molecule has 6 nitrogen and oxygen atoms in total. The van der Waals surface area contributed by atoms with Crippen LogP contribution in [-0.2, 0) is 14.2 Å². The lowest BCUT2D eigenvalue weighted by Gasteiger charge is -2.33. The predicted molar refractivity (Wildman–Crippen MR) is 88.4 cm³/mol. The number of hydrogen-bond acceptors (Lipinski definition) is 5. The number of fused-ring (bicyclic) bond motifs is 1. The quantitative estimate of drug-likeness (QED) is 0.743. The summed E-state index contributed by atoms with van der Waals surface area (Å²) in [6.45, 7) is 10.5. The van der Waals surface area contributed by atoms with Crippen molar-refractivity contribution >= 4 is 6.09 Å². The molecule has 4 atom stereocenters. The van der Waals surface area contributed by atoms with E-state index in [2.05, 4.69) is 6.08 Å². The van der Waals surface area contributed by atoms with Gasteiger partial charge in [0.15, 0.2) is 5.79 Å². The highest BCUT2D eigenvalue weighted by Crippen LogP contribution is 2.45. The van der Waals surface area contributed by atoms with Crippen molar-refractivity contribution in [1.29, 1.82) is 0 Å². The predicted octanol–water partition coefficient (Wildman–Crippen LogP) is 2.45. The van der Waals surface area contributed by atoms with E-state index in [9.17, 15) is 9.90 Å². The molecule has 0 aromatic heterocycles. The number of nitrogens with zero attached hydrogens (tertiary/aromatic N) is 1. The lowest BCUT2D eigenvalue weighted by atomic mass is 9.92. The highest BCUT2D eigenvalue weighted by Gasteiger charge is 2.54. The molecule has 24 heavy (non-hydrogen) atoms. The maximum Gasteiger partial charge on any atom is 0.410 e. The molecule has 136 valence electrons. The summed E-state index contributed by atoms with van der Waals surface area (Å²) in [7, 11) is 0. The Morgan fingerprint density at radius 2 is 2.00 bits per heavy atom. The van der Waals surface area contributed by atoms with E-state index in [1.807, 2.05) is 34.6 Å². The van der Waals surface area contributed by atoms with Gasteiger partial charge in [0.2, 0.25) is 0 Å². The topological polar surface area (TPSA) is 68.2 Å². The first kappa shape index (κ1) is 17.7. The summed E-state index contributed by atoms with van der Waals surface area (Å²) >= 11 is 0. The van der Waals surface area contributed by atoms with E-state index in [0.29, 0.717) is 19.5 Å². The van der Waals surface area contributed by atoms with Gasteiger partial charge in [-0.2, -0.15) is 0 Å². The van der Waals surface area contributed by atoms with Gasteiger partial charge in [-0.25, -0.2) is 4.79 Å². The Bertz CT molecular complexity index is 536. The molecule has 3 aliphatic rings. The van der Waals surface area contributed by atoms with E-state index < -0.39 is 17.5 Å². The van der Waals surface area contributed by atoms with Crippen LogP contribution in [0.5, 0.6) is 0 Å². The smallest absolute Gasteiger partial charge is 0.410 e. The second-order valence-electron chi connectivity index (χ2n) is 8.44. The van der Waals surface area contributed by atoms with E-state index in [4.69, 9.17) is 14.2 Å². The maximum absolute atomic E-state index is 12.3. The van der Waals surface area contributed by atoms with E-state index in [0.717, 1.165) is 12.0 Å². The minimum absolute atomic E-state index is 0.0806. The van der Waals surface area contributed by atoms with Crippen LogP contribution in [0.25, 0.3) is 0 Å². The standard InChI is InChI=1S/C18H29NO5/c1-17(2,3)24-16(21)19-8-6-7-11(10-19)12-9-13(20)15-14(12)22-18(4,5)23-15/h7,12-15,20H,6,8-10H2,1-5H3/t12-,13+,14-,15+/m1/s1. The Morgan fingerprint density at radius 3 is 2.67 bits per heavy atom. The molecule has 1 amide bonds. The fraction of sp³-hybridized carbons (Fsp3) is 0.833. The molecule has 0 radical (unpaired) electrons. The van der Waals surface area contributed by atoms with Gasteiger partial charge in [-0.1, -0.05) is 6.08 Å². The molecule has 0 aromatic rings. The van der Waals surface area contributed by atoms with Crippen molar-refractivity contribution in [2.24, 2.45) is 5.92 Å². The van der Waals surface area contributed by atoms with Crippen molar-refractivity contribution in [2.75, 3.05) is 13.1 Å². The maximum atomic E-state index is 12.3. The molecule has 0 spiro atoms. The van der Waals surface area contributed by atoms with Crippen LogP contribution >= 0.6 is 0 Å². The molecular formula is C18H29NO5. The Balaban J connectivity index is 1.69. The number of aliphatic hydroxyl groups excluding tert-OH is 1. The monoisotopic (exact) mass is 339 g/mol. The van der Waals surface area contributed by atoms with Gasteiger partial charge < -0.3 is 24.2 Å². The number of ether oxygens (including phenoxy) is 3. The summed E-state index contributed by atoms with van der Waals surface area (Å²) in [4.78, 5) is 14.1. The molecule has 1 saturated heterocycles. The summed E-state index contributed by atoms with van der Waals surface area (Å²) in [5, 5.41) is 10.3. The molecule has 1 aliphatic carbocycles. The van der Waals surface area contributed by atoms with Crippen LogP contribution in [0.4, 0.5) is 4.79 Å². The summed E-state index contributed by atoms with van der Waals surface area (Å²) in [5.41, 5.74) is 0.638. The van der Waals surface area contributed by atoms with Crippen LogP contribution in [-0.4, -0.2) is 58.9 Å². The van der Waals surface area contributed by atoms with Crippen LogP contribution in [0, 0.1) is 5.92 Å². The highest BCUT2D eigenvalue weighted by molar-refractivity contribution is 5.68. The van der Waals surface area contributed by atoms with Gasteiger partial charge in [-0.15, -0.1) is 0 Å². The minimum atomic E-state index is -0.672. The first-order chi connectivity index (χ1) is 11.1. The Morgan fingerprint density at radius 1 is 1.33 bits per heavy atom. The van der Waals surface area contributed by atoms with Gasteiger partial charge in [-0.05, 0) is 53.0 Å². The molecule has 6 heteroatoms. The minimum Gasteiger partial charge on any atom is -0.444 e. The van der Waals surface area contributed by atoms with Crippen molar-refractivity contribution < 1.29 is 24.1 Å². The highest BCUT2D eigenvalue weighted by atomic mass is 16.8. The summed E-state index contributed by atoms with van der Waals surface area (Å²) in [6.07, 6.45) is 2.33. The molecule has 0 bridgehead atoms. The molecule has 0 aromatic carbocycles. The number of amides is 1. The SMILES string of the molecule is CC(C)(C)OC(=O)N1CCC=C([C@H]2C[C@H](O)[C@@H]3OC(C)(C)O[C@@H]32)C1. The molecule has 3 rings (SSSR count). The third kappa shape index (κ3) is 3.60. The van der Waals surface area contributed by atoms with Gasteiger partial charge >= 0.3 is 6.09 Å². The van der Waals surface area contributed by atoms with Crippen molar-refractivity contribution in [1.82, 2.24) is 4.90 Å². The second kappa shape index (κ2) is 6.00. The molecule has 2 fully saturated rings. The Hall–Kier alpha value is -1.11. The largest absolute Gasteiger partial charge is 0.444 e. The zero-order chi connectivity index (χ0) is 17.7. The lowest BCUT2D eigenvalue weighted by molar-refractivity contribution is -0.165. The van der Waals surface area contributed by atoms with E-state index in [1.54, 1.807) is 4.90 Å². The summed E-state index contributed by atoms with van der Waals surface area (Å²) < 4.78 is 17.4. The average molecular weight is 339 g/mol. The molecule has 1 N–H and O–H groups in total. The van der Waals surface area contributed by atoms with Crippen LogP contribution in [0.3, 0.4) is 0 Å². The molecule has 1 saturated carbocycles. The van der Waals surface area contributed by atoms with Crippen LogP contribution in [0.15, 0.2) is 11.6 Å². The van der Waals surface area contributed by atoms with E-state index in [-0.39, 0.29) is 24.2 Å². The number of carbonyl (C=O) groups excluding carboxylic acids is 1. The zero-order valence-corrected chi connectivity index (χ0v) is 15.2. The van der Waals surface area contributed by atoms with Gasteiger partial charge in [0.05, 0.1) is 12.2 Å². The van der Waals surface area contributed by atoms with Crippen molar-refractivity contribution in [2.45, 2.75) is 77.2 Å². The number of rotatable bonds is 1. The first-order valence-corrected chi connectivity index (χ1v) is 8.76. The second-order valence-corrected chi connectivity index (χ2v) is 8.44. The van der Waals surface area contributed by atoms with Gasteiger partial charge in [-0.3, -0.25) is 0 Å². The Kier molecular flexibility index (Phi) is 4.43. The molecular weight excluding hydrogens is 310 g/mol. The van der Waals surface area contributed by atoms with E-state index in [1.165, 1.54) is 0 Å². The Labute approximate surface area is 143 Å². The summed E-state index contributed by atoms with van der Waals surface area (Å²) in [6, 6.07) is 0. The number of hydrogen-bond donors (Lipinski definition) is 1. The summed E-state index contributed by atoms with van der Waals surface area (Å²) in [5.74, 6) is -0.591. The van der Waals surface area contributed by atoms with Crippen LogP contribution in [0.2, 0.25) is 0 Å². The normalized spacial score (nSPS) is 35.6. The zero-order valence-electron chi connectivity index (χ0n) is 15.2. The van der Waals surface area contributed by atoms with Gasteiger partial charge in [0.25, 0.3) is 0 Å². The third-order valence-electron chi connectivity index (χ3n) is 4.74. The van der Waals surface area contributed by atoms with Crippen LogP contribution < -0.4 is 0 Å². The molecule has 0 unspecified atom stereocenters.